The highest BCUT2D eigenvalue weighted by Crippen LogP contribution is 2.47. The van der Waals surface area contributed by atoms with Crippen LogP contribution in [0.3, 0.4) is 0 Å². The quantitative estimate of drug-likeness (QED) is 0.928. The minimum Gasteiger partial charge on any atom is -0.311 e. The van der Waals surface area contributed by atoms with Gasteiger partial charge in [-0.2, -0.15) is 0 Å². The molecule has 0 aromatic carbocycles. The minimum atomic E-state index is 0.935. The molecule has 19 heavy (non-hydrogen) atoms. The lowest BCUT2D eigenvalue weighted by Crippen LogP contribution is -2.26. The number of thiazole rings is 1. The number of aromatic nitrogens is 2. The Morgan fingerprint density at radius 3 is 3.16 bits per heavy atom. The van der Waals surface area contributed by atoms with E-state index in [1.165, 1.54) is 43.6 Å². The lowest BCUT2D eigenvalue weighted by molar-refractivity contribution is 0.318. The first-order valence-electron chi connectivity index (χ1n) is 7.43. The van der Waals surface area contributed by atoms with Gasteiger partial charge in [0.15, 0.2) is 4.96 Å². The molecule has 2 fully saturated rings. The number of fused-ring (bicyclic) bond motifs is 3. The highest BCUT2D eigenvalue weighted by Gasteiger charge is 2.38. The van der Waals surface area contributed by atoms with Crippen molar-refractivity contribution in [2.75, 3.05) is 6.54 Å². The summed E-state index contributed by atoms with van der Waals surface area (Å²) in [6.07, 6.45) is 8.09. The summed E-state index contributed by atoms with van der Waals surface area (Å²) in [5.41, 5.74) is 2.51. The van der Waals surface area contributed by atoms with Gasteiger partial charge in [0.25, 0.3) is 0 Å². The third-order valence-corrected chi connectivity index (χ3v) is 5.90. The van der Waals surface area contributed by atoms with Crippen LogP contribution in [-0.2, 0) is 6.54 Å². The number of hydrogen-bond acceptors (Lipinski definition) is 3. The summed E-state index contributed by atoms with van der Waals surface area (Å²) in [4.78, 5) is 5.72. The average molecular weight is 275 g/mol. The molecule has 2 aliphatic carbocycles. The Morgan fingerprint density at radius 1 is 1.42 bits per heavy atom. The van der Waals surface area contributed by atoms with Crippen molar-refractivity contribution in [3.8, 4) is 0 Å². The monoisotopic (exact) mass is 275 g/mol. The number of nitrogens with one attached hydrogen (secondary N) is 1. The maximum Gasteiger partial charge on any atom is 0.194 e. The fraction of sp³-hybridized carbons (Fsp3) is 0.667. The van der Waals surface area contributed by atoms with E-state index in [2.05, 4.69) is 33.2 Å². The van der Waals surface area contributed by atoms with Crippen LogP contribution in [0.5, 0.6) is 0 Å². The Kier molecular flexibility index (Phi) is 2.88. The SMILES string of the molecule is Cc1nc2sccn2c1CNCC1CC2CCC1C2. The van der Waals surface area contributed by atoms with Crippen LogP contribution in [0.15, 0.2) is 11.6 Å². The number of hydrogen-bond donors (Lipinski definition) is 1. The summed E-state index contributed by atoms with van der Waals surface area (Å²) in [5.74, 6) is 3.01. The van der Waals surface area contributed by atoms with Crippen molar-refractivity contribution in [3.05, 3.63) is 23.0 Å². The lowest BCUT2D eigenvalue weighted by atomic mass is 9.89. The molecule has 3 unspecified atom stereocenters. The Morgan fingerprint density at radius 2 is 2.37 bits per heavy atom. The van der Waals surface area contributed by atoms with Crippen molar-refractivity contribution in [2.24, 2.45) is 17.8 Å². The van der Waals surface area contributed by atoms with Gasteiger partial charge < -0.3 is 5.32 Å². The standard InChI is InChI=1S/C15H21N3S/c1-10-14(18-4-5-19-15(18)17-10)9-16-8-13-7-11-2-3-12(13)6-11/h4-5,11-13,16H,2-3,6-9H2,1H3. The normalized spacial score (nSPS) is 29.6. The molecule has 3 atom stereocenters. The van der Waals surface area contributed by atoms with Crippen molar-refractivity contribution in [1.82, 2.24) is 14.7 Å². The Labute approximate surface area is 118 Å². The van der Waals surface area contributed by atoms with Crippen LogP contribution >= 0.6 is 11.3 Å². The van der Waals surface area contributed by atoms with E-state index in [0.29, 0.717) is 0 Å². The summed E-state index contributed by atoms with van der Waals surface area (Å²) >= 11 is 1.71. The van der Waals surface area contributed by atoms with E-state index in [-0.39, 0.29) is 0 Å². The zero-order valence-corrected chi connectivity index (χ0v) is 12.2. The van der Waals surface area contributed by atoms with Gasteiger partial charge in [-0.1, -0.05) is 6.42 Å². The molecule has 4 rings (SSSR count). The van der Waals surface area contributed by atoms with Gasteiger partial charge in [0.2, 0.25) is 0 Å². The summed E-state index contributed by atoms with van der Waals surface area (Å²) in [7, 11) is 0. The van der Waals surface area contributed by atoms with Crippen molar-refractivity contribution in [1.29, 1.82) is 0 Å². The second-order valence-electron chi connectivity index (χ2n) is 6.27. The smallest absolute Gasteiger partial charge is 0.194 e. The van der Waals surface area contributed by atoms with E-state index >= 15 is 0 Å². The molecule has 2 bridgehead atoms. The maximum atomic E-state index is 4.60. The van der Waals surface area contributed by atoms with Crippen molar-refractivity contribution >= 4 is 16.3 Å². The molecular formula is C15H21N3S. The topological polar surface area (TPSA) is 29.3 Å². The second kappa shape index (κ2) is 4.60. The van der Waals surface area contributed by atoms with E-state index in [1.807, 2.05) is 0 Å². The molecule has 102 valence electrons. The average Bonchev–Trinajstić information content (AvgIpc) is 3.12. The summed E-state index contributed by atoms with van der Waals surface area (Å²) in [5, 5.41) is 5.79. The van der Waals surface area contributed by atoms with Crippen molar-refractivity contribution in [3.63, 3.8) is 0 Å². The van der Waals surface area contributed by atoms with Gasteiger partial charge in [-0.3, -0.25) is 4.40 Å². The summed E-state index contributed by atoms with van der Waals surface area (Å²) in [6, 6.07) is 0. The zero-order valence-electron chi connectivity index (χ0n) is 11.4. The number of nitrogens with zero attached hydrogens (tertiary/aromatic N) is 2. The summed E-state index contributed by atoms with van der Waals surface area (Å²) in [6.45, 7) is 4.27. The molecule has 1 N–H and O–H groups in total. The predicted molar refractivity (Wildman–Crippen MR) is 78.5 cm³/mol. The van der Waals surface area contributed by atoms with Gasteiger partial charge in [0, 0.05) is 18.1 Å². The Balaban J connectivity index is 1.39. The molecule has 2 saturated carbocycles. The van der Waals surface area contributed by atoms with Gasteiger partial charge in [0.05, 0.1) is 11.4 Å². The fourth-order valence-electron chi connectivity index (χ4n) is 4.16. The lowest BCUT2D eigenvalue weighted by Gasteiger charge is -2.21. The molecular weight excluding hydrogens is 254 g/mol. The highest BCUT2D eigenvalue weighted by molar-refractivity contribution is 7.15. The maximum absolute atomic E-state index is 4.60. The van der Waals surface area contributed by atoms with E-state index in [0.717, 1.165) is 29.3 Å². The van der Waals surface area contributed by atoms with E-state index in [4.69, 9.17) is 0 Å². The van der Waals surface area contributed by atoms with Crippen LogP contribution in [0.2, 0.25) is 0 Å². The van der Waals surface area contributed by atoms with Gasteiger partial charge in [0.1, 0.15) is 0 Å². The van der Waals surface area contributed by atoms with Gasteiger partial charge in [-0.15, -0.1) is 11.3 Å². The van der Waals surface area contributed by atoms with Gasteiger partial charge >= 0.3 is 0 Å². The number of aryl methyl sites for hydroxylation is 1. The zero-order chi connectivity index (χ0) is 12.8. The largest absolute Gasteiger partial charge is 0.311 e. The molecule has 0 amide bonds. The fourth-order valence-corrected chi connectivity index (χ4v) is 4.93. The van der Waals surface area contributed by atoms with Crippen LogP contribution in [0.1, 0.15) is 37.1 Å². The molecule has 2 aromatic rings. The number of rotatable bonds is 4. The molecule has 3 nitrogen and oxygen atoms in total. The molecule has 4 heteroatoms. The third kappa shape index (κ3) is 2.01. The molecule has 0 spiro atoms. The van der Waals surface area contributed by atoms with E-state index in [1.54, 1.807) is 11.3 Å². The molecule has 0 radical (unpaired) electrons. The molecule has 0 saturated heterocycles. The number of imidazole rings is 1. The van der Waals surface area contributed by atoms with Crippen molar-refractivity contribution in [2.45, 2.75) is 39.2 Å². The Bertz CT molecular complexity index is 585. The summed E-state index contributed by atoms with van der Waals surface area (Å²) < 4.78 is 2.23. The predicted octanol–water partition coefficient (Wildman–Crippen LogP) is 3.23. The van der Waals surface area contributed by atoms with Gasteiger partial charge in [-0.25, -0.2) is 4.98 Å². The third-order valence-electron chi connectivity index (χ3n) is 5.14. The molecule has 2 aromatic heterocycles. The van der Waals surface area contributed by atoms with Crippen molar-refractivity contribution < 1.29 is 0 Å². The van der Waals surface area contributed by atoms with Crippen LogP contribution in [0.25, 0.3) is 4.96 Å². The van der Waals surface area contributed by atoms with Crippen LogP contribution in [-0.4, -0.2) is 15.9 Å². The molecule has 2 heterocycles. The van der Waals surface area contributed by atoms with Gasteiger partial charge in [-0.05, 0) is 50.5 Å². The second-order valence-corrected chi connectivity index (χ2v) is 7.14. The first-order chi connectivity index (χ1) is 9.31. The minimum absolute atomic E-state index is 0.935. The molecule has 0 aliphatic heterocycles. The Hall–Kier alpha value is -0.870. The van der Waals surface area contributed by atoms with Crippen LogP contribution < -0.4 is 5.32 Å². The van der Waals surface area contributed by atoms with E-state index < -0.39 is 0 Å². The highest BCUT2D eigenvalue weighted by atomic mass is 32.1. The first kappa shape index (κ1) is 11.9. The van der Waals surface area contributed by atoms with E-state index in [9.17, 15) is 0 Å². The van der Waals surface area contributed by atoms with Crippen LogP contribution in [0.4, 0.5) is 0 Å². The van der Waals surface area contributed by atoms with Crippen LogP contribution in [0, 0.1) is 24.7 Å². The first-order valence-corrected chi connectivity index (χ1v) is 8.31. The molecule has 2 aliphatic rings.